The van der Waals surface area contributed by atoms with Crippen molar-refractivity contribution in [1.29, 1.82) is 0 Å². The topological polar surface area (TPSA) is 77.6 Å². The van der Waals surface area contributed by atoms with E-state index in [2.05, 4.69) is 26.3 Å². The minimum atomic E-state index is -0.284. The molecule has 0 saturated carbocycles. The average molecular weight is 467 g/mol. The summed E-state index contributed by atoms with van der Waals surface area (Å²) in [4.78, 5) is 25.2. The number of halogens is 1. The molecule has 1 amide bonds. The van der Waals surface area contributed by atoms with Gasteiger partial charge in [-0.3, -0.25) is 9.59 Å². The van der Waals surface area contributed by atoms with Gasteiger partial charge in [0, 0.05) is 28.1 Å². The Kier molecular flexibility index (Phi) is 5.67. The Morgan fingerprint density at radius 2 is 1.83 bits per heavy atom. The van der Waals surface area contributed by atoms with Crippen LogP contribution in [0.5, 0.6) is 5.75 Å². The SMILES string of the molecule is CCOc1ccc(-c2cc3c(=O)n(CC(=O)Nc4ccc(Br)cc4)ccn3n2)cc1. The van der Waals surface area contributed by atoms with Crippen molar-refractivity contribution in [2.24, 2.45) is 0 Å². The molecule has 152 valence electrons. The maximum Gasteiger partial charge on any atom is 0.277 e. The molecule has 2 heterocycles. The maximum absolute atomic E-state index is 12.8. The van der Waals surface area contributed by atoms with E-state index in [0.717, 1.165) is 15.8 Å². The number of ether oxygens (including phenoxy) is 1. The Bertz CT molecular complexity index is 1240. The molecule has 30 heavy (non-hydrogen) atoms. The molecule has 8 heteroatoms. The molecule has 0 spiro atoms. The molecule has 2 aromatic carbocycles. The minimum Gasteiger partial charge on any atom is -0.494 e. The summed E-state index contributed by atoms with van der Waals surface area (Å²) in [5.74, 6) is 0.499. The number of carbonyl (C=O) groups is 1. The van der Waals surface area contributed by atoms with Crippen molar-refractivity contribution < 1.29 is 9.53 Å². The molecular formula is C22H19BrN4O3. The van der Waals surface area contributed by atoms with Crippen molar-refractivity contribution in [2.45, 2.75) is 13.5 Å². The number of anilines is 1. The smallest absolute Gasteiger partial charge is 0.277 e. The monoisotopic (exact) mass is 466 g/mol. The van der Waals surface area contributed by atoms with Crippen molar-refractivity contribution in [3.05, 3.63) is 81.8 Å². The number of aromatic nitrogens is 3. The molecule has 0 aliphatic carbocycles. The summed E-state index contributed by atoms with van der Waals surface area (Å²) < 4.78 is 9.27. The van der Waals surface area contributed by atoms with Crippen LogP contribution in [0.3, 0.4) is 0 Å². The Hall–Kier alpha value is -3.39. The fraction of sp³-hybridized carbons (Fsp3) is 0.136. The lowest BCUT2D eigenvalue weighted by molar-refractivity contribution is -0.116. The zero-order valence-corrected chi connectivity index (χ0v) is 17.8. The van der Waals surface area contributed by atoms with Crippen LogP contribution in [-0.2, 0) is 11.3 Å². The predicted molar refractivity (Wildman–Crippen MR) is 119 cm³/mol. The van der Waals surface area contributed by atoms with E-state index in [-0.39, 0.29) is 18.0 Å². The second-order valence-electron chi connectivity index (χ2n) is 6.60. The van der Waals surface area contributed by atoms with Gasteiger partial charge in [0.05, 0.1) is 12.3 Å². The van der Waals surface area contributed by atoms with Crippen molar-refractivity contribution in [2.75, 3.05) is 11.9 Å². The predicted octanol–water partition coefficient (Wildman–Crippen LogP) is 3.96. The fourth-order valence-electron chi connectivity index (χ4n) is 3.07. The third kappa shape index (κ3) is 4.28. The van der Waals surface area contributed by atoms with E-state index in [4.69, 9.17) is 4.74 Å². The first-order valence-corrected chi connectivity index (χ1v) is 10.2. The number of benzene rings is 2. The van der Waals surface area contributed by atoms with Crippen LogP contribution in [0.25, 0.3) is 16.8 Å². The van der Waals surface area contributed by atoms with Crippen molar-refractivity contribution >= 4 is 33.0 Å². The standard InChI is InChI=1S/C22H19BrN4O3/c1-2-30-18-9-3-15(4-10-18)19-13-20-22(29)26(11-12-27(20)25-19)14-21(28)24-17-7-5-16(23)6-8-17/h3-13H,2,14H2,1H3,(H,24,28). The van der Waals surface area contributed by atoms with Crippen molar-refractivity contribution in [3.63, 3.8) is 0 Å². The molecule has 0 atom stereocenters. The van der Waals surface area contributed by atoms with E-state index >= 15 is 0 Å². The number of carbonyl (C=O) groups excluding carboxylic acids is 1. The maximum atomic E-state index is 12.8. The summed E-state index contributed by atoms with van der Waals surface area (Å²) in [5.41, 5.74) is 2.33. The van der Waals surface area contributed by atoms with Crippen LogP contribution in [0.1, 0.15) is 6.92 Å². The van der Waals surface area contributed by atoms with Gasteiger partial charge in [-0.15, -0.1) is 0 Å². The van der Waals surface area contributed by atoms with Crippen LogP contribution in [0.4, 0.5) is 5.69 Å². The summed E-state index contributed by atoms with van der Waals surface area (Å²) in [6.07, 6.45) is 3.23. The molecule has 0 radical (unpaired) electrons. The minimum absolute atomic E-state index is 0.0883. The van der Waals surface area contributed by atoms with E-state index < -0.39 is 0 Å². The molecule has 1 N–H and O–H groups in total. The largest absolute Gasteiger partial charge is 0.494 e. The number of fused-ring (bicyclic) bond motifs is 1. The molecule has 4 aromatic rings. The van der Waals surface area contributed by atoms with Gasteiger partial charge in [-0.25, -0.2) is 4.52 Å². The molecule has 0 fully saturated rings. The van der Waals surface area contributed by atoms with Gasteiger partial charge >= 0.3 is 0 Å². The van der Waals surface area contributed by atoms with E-state index in [0.29, 0.717) is 23.5 Å². The summed E-state index contributed by atoms with van der Waals surface area (Å²) in [7, 11) is 0. The third-order valence-electron chi connectivity index (χ3n) is 4.51. The summed E-state index contributed by atoms with van der Waals surface area (Å²) >= 11 is 3.35. The molecule has 4 rings (SSSR count). The Morgan fingerprint density at radius 3 is 2.53 bits per heavy atom. The van der Waals surface area contributed by atoms with Gasteiger partial charge in [0.25, 0.3) is 5.56 Å². The van der Waals surface area contributed by atoms with E-state index in [1.807, 2.05) is 43.3 Å². The zero-order valence-electron chi connectivity index (χ0n) is 16.2. The quantitative estimate of drug-likeness (QED) is 0.466. The van der Waals surface area contributed by atoms with Gasteiger partial charge in [0.1, 0.15) is 17.8 Å². The van der Waals surface area contributed by atoms with Crippen molar-refractivity contribution in [3.8, 4) is 17.0 Å². The van der Waals surface area contributed by atoms with Crippen LogP contribution in [-0.4, -0.2) is 26.7 Å². The van der Waals surface area contributed by atoms with E-state index in [1.165, 1.54) is 9.08 Å². The number of hydrogen-bond acceptors (Lipinski definition) is 4. The van der Waals surface area contributed by atoms with Gasteiger partial charge in [-0.1, -0.05) is 15.9 Å². The lowest BCUT2D eigenvalue weighted by Crippen LogP contribution is -2.28. The van der Waals surface area contributed by atoms with E-state index in [1.54, 1.807) is 30.6 Å². The number of hydrogen-bond donors (Lipinski definition) is 1. The Labute approximate surface area is 181 Å². The number of nitrogens with one attached hydrogen (secondary N) is 1. The molecule has 0 aliphatic heterocycles. The van der Waals surface area contributed by atoms with E-state index in [9.17, 15) is 9.59 Å². The molecule has 0 bridgehead atoms. The molecule has 0 aliphatic rings. The van der Waals surface area contributed by atoms with Crippen LogP contribution < -0.4 is 15.6 Å². The number of nitrogens with zero attached hydrogens (tertiary/aromatic N) is 3. The molecular weight excluding hydrogens is 448 g/mol. The highest BCUT2D eigenvalue weighted by atomic mass is 79.9. The van der Waals surface area contributed by atoms with Crippen LogP contribution >= 0.6 is 15.9 Å². The Morgan fingerprint density at radius 1 is 1.10 bits per heavy atom. The molecule has 0 saturated heterocycles. The highest BCUT2D eigenvalue weighted by Gasteiger charge is 2.12. The lowest BCUT2D eigenvalue weighted by Gasteiger charge is -2.07. The first-order chi connectivity index (χ1) is 14.5. The average Bonchev–Trinajstić information content (AvgIpc) is 3.18. The lowest BCUT2D eigenvalue weighted by atomic mass is 10.1. The summed E-state index contributed by atoms with van der Waals surface area (Å²) in [5, 5.41) is 7.26. The number of rotatable bonds is 6. The van der Waals surface area contributed by atoms with Crippen LogP contribution in [0.15, 0.2) is 76.3 Å². The second-order valence-corrected chi connectivity index (χ2v) is 7.52. The summed E-state index contributed by atoms with van der Waals surface area (Å²) in [6.45, 7) is 2.44. The number of amides is 1. The molecule has 0 unspecified atom stereocenters. The van der Waals surface area contributed by atoms with Gasteiger partial charge in [0.15, 0.2) is 0 Å². The third-order valence-corrected chi connectivity index (χ3v) is 5.04. The van der Waals surface area contributed by atoms with Gasteiger partial charge in [-0.05, 0) is 61.5 Å². The van der Waals surface area contributed by atoms with Crippen LogP contribution in [0, 0.1) is 0 Å². The zero-order chi connectivity index (χ0) is 21.1. The first kappa shape index (κ1) is 19.9. The summed E-state index contributed by atoms with van der Waals surface area (Å²) in [6, 6.07) is 16.5. The van der Waals surface area contributed by atoms with Crippen LogP contribution in [0.2, 0.25) is 0 Å². The van der Waals surface area contributed by atoms with Crippen molar-refractivity contribution in [1.82, 2.24) is 14.2 Å². The van der Waals surface area contributed by atoms with Gasteiger partial charge < -0.3 is 14.6 Å². The second kappa shape index (κ2) is 8.54. The highest BCUT2D eigenvalue weighted by Crippen LogP contribution is 2.22. The Balaban J connectivity index is 1.55. The van der Waals surface area contributed by atoms with Gasteiger partial charge in [0.2, 0.25) is 5.91 Å². The normalized spacial score (nSPS) is 10.9. The molecule has 2 aromatic heterocycles. The van der Waals surface area contributed by atoms with Gasteiger partial charge in [-0.2, -0.15) is 5.10 Å². The fourth-order valence-corrected chi connectivity index (χ4v) is 3.33. The highest BCUT2D eigenvalue weighted by molar-refractivity contribution is 9.10. The first-order valence-electron chi connectivity index (χ1n) is 9.41. The molecule has 7 nitrogen and oxygen atoms in total.